The number of anilines is 1. The third-order valence-electron chi connectivity index (χ3n) is 3.53. The molecule has 0 aliphatic heterocycles. The predicted octanol–water partition coefficient (Wildman–Crippen LogP) is 2.10. The van der Waals surface area contributed by atoms with Crippen molar-refractivity contribution in [3.05, 3.63) is 46.7 Å². The molecule has 0 unspecified atom stereocenters. The van der Waals surface area contributed by atoms with Crippen LogP contribution in [0.15, 0.2) is 33.8 Å². The average Bonchev–Trinajstić information content (AvgIpc) is 2.91. The first kappa shape index (κ1) is 18.7. The smallest absolute Gasteiger partial charge is 0.337 e. The molecule has 1 heterocycles. The van der Waals surface area contributed by atoms with E-state index >= 15 is 0 Å². The Morgan fingerprint density at radius 3 is 2.32 bits per heavy atom. The van der Waals surface area contributed by atoms with E-state index in [2.05, 4.69) is 5.32 Å². The number of aromatic carboxylic acids is 1. The fraction of sp³-hybridized carbons (Fsp3) is 0.250. The van der Waals surface area contributed by atoms with Gasteiger partial charge < -0.3 is 14.8 Å². The number of aryl methyl sites for hydroxylation is 2. The van der Waals surface area contributed by atoms with E-state index in [0.717, 1.165) is 15.9 Å². The van der Waals surface area contributed by atoms with Crippen molar-refractivity contribution in [1.29, 1.82) is 0 Å². The van der Waals surface area contributed by atoms with Gasteiger partial charge in [-0.1, -0.05) is 11.6 Å². The lowest BCUT2D eigenvalue weighted by atomic mass is 10.1. The quantitative estimate of drug-likeness (QED) is 0.837. The van der Waals surface area contributed by atoms with Crippen LogP contribution in [-0.2, 0) is 10.0 Å². The molecule has 1 aromatic carbocycles. The number of sulfonamides is 1. The molecular weight excluding hydrogens is 348 g/mol. The molecule has 0 saturated carbocycles. The first-order chi connectivity index (χ1) is 11.5. The van der Waals surface area contributed by atoms with E-state index in [1.807, 2.05) is 0 Å². The summed E-state index contributed by atoms with van der Waals surface area (Å²) in [5, 5.41) is 11.4. The first-order valence-electron chi connectivity index (χ1n) is 7.22. The van der Waals surface area contributed by atoms with Crippen molar-refractivity contribution in [2.75, 3.05) is 19.4 Å². The van der Waals surface area contributed by atoms with Crippen LogP contribution in [0.3, 0.4) is 0 Å². The SMILES string of the molecule is Cc1ccc(NC(=O)c2cc(S(=O)(=O)N(C)C)oc2C)c(C(=O)O)c1. The van der Waals surface area contributed by atoms with Crippen LogP contribution in [0, 0.1) is 13.8 Å². The lowest BCUT2D eigenvalue weighted by Crippen LogP contribution is -2.21. The summed E-state index contributed by atoms with van der Waals surface area (Å²) >= 11 is 0. The number of carbonyl (C=O) groups is 2. The molecule has 8 nitrogen and oxygen atoms in total. The fourth-order valence-corrected chi connectivity index (χ4v) is 2.98. The Morgan fingerprint density at radius 2 is 1.76 bits per heavy atom. The Labute approximate surface area is 145 Å². The Kier molecular flexibility index (Phi) is 5.00. The van der Waals surface area contributed by atoms with Crippen LogP contribution in [0.2, 0.25) is 0 Å². The second-order valence-corrected chi connectivity index (χ2v) is 7.71. The lowest BCUT2D eigenvalue weighted by Gasteiger charge is -2.08. The molecule has 0 spiro atoms. The summed E-state index contributed by atoms with van der Waals surface area (Å²) in [5.41, 5.74) is 0.794. The fourth-order valence-electron chi connectivity index (χ4n) is 2.12. The molecule has 0 bridgehead atoms. The number of amides is 1. The minimum atomic E-state index is -3.82. The van der Waals surface area contributed by atoms with E-state index in [9.17, 15) is 23.1 Å². The Bertz CT molecular complexity index is 944. The highest BCUT2D eigenvalue weighted by molar-refractivity contribution is 7.88. The molecule has 134 valence electrons. The van der Waals surface area contributed by atoms with Crippen LogP contribution < -0.4 is 5.32 Å². The van der Waals surface area contributed by atoms with Crippen molar-refractivity contribution in [3.63, 3.8) is 0 Å². The highest BCUT2D eigenvalue weighted by Crippen LogP contribution is 2.24. The molecular formula is C16H18N2O6S. The van der Waals surface area contributed by atoms with Gasteiger partial charge in [-0.2, -0.15) is 0 Å². The predicted molar refractivity (Wildman–Crippen MR) is 90.4 cm³/mol. The molecule has 0 atom stereocenters. The van der Waals surface area contributed by atoms with Gasteiger partial charge in [0.05, 0.1) is 16.8 Å². The molecule has 0 aliphatic carbocycles. The second-order valence-electron chi connectivity index (χ2n) is 5.63. The molecule has 1 aromatic heterocycles. The number of benzene rings is 1. The largest absolute Gasteiger partial charge is 0.478 e. The van der Waals surface area contributed by atoms with Gasteiger partial charge in [0.2, 0.25) is 5.09 Å². The number of furan rings is 1. The van der Waals surface area contributed by atoms with Crippen molar-refractivity contribution in [2.45, 2.75) is 18.9 Å². The second kappa shape index (κ2) is 6.69. The summed E-state index contributed by atoms with van der Waals surface area (Å²) in [6.45, 7) is 3.19. The summed E-state index contributed by atoms with van der Waals surface area (Å²) in [5.74, 6) is -1.73. The third-order valence-corrected chi connectivity index (χ3v) is 5.20. The van der Waals surface area contributed by atoms with Gasteiger partial charge in [-0.15, -0.1) is 0 Å². The van der Waals surface area contributed by atoms with Crippen LogP contribution in [0.5, 0.6) is 0 Å². The molecule has 2 rings (SSSR count). The number of carboxylic acids is 1. The zero-order valence-electron chi connectivity index (χ0n) is 14.2. The summed E-state index contributed by atoms with van der Waals surface area (Å²) in [6.07, 6.45) is 0. The Morgan fingerprint density at radius 1 is 1.12 bits per heavy atom. The number of rotatable bonds is 5. The molecule has 0 aliphatic rings. The van der Waals surface area contributed by atoms with Gasteiger partial charge in [0.1, 0.15) is 5.76 Å². The van der Waals surface area contributed by atoms with Gasteiger partial charge >= 0.3 is 5.97 Å². The number of nitrogens with zero attached hydrogens (tertiary/aromatic N) is 1. The number of carbonyl (C=O) groups excluding carboxylic acids is 1. The van der Waals surface area contributed by atoms with E-state index in [4.69, 9.17) is 4.42 Å². The van der Waals surface area contributed by atoms with Gasteiger partial charge in [0, 0.05) is 20.2 Å². The zero-order valence-corrected chi connectivity index (χ0v) is 15.0. The minimum Gasteiger partial charge on any atom is -0.478 e. The lowest BCUT2D eigenvalue weighted by molar-refractivity contribution is 0.0698. The van der Waals surface area contributed by atoms with E-state index in [1.165, 1.54) is 33.2 Å². The summed E-state index contributed by atoms with van der Waals surface area (Å²) < 4.78 is 30.3. The van der Waals surface area contributed by atoms with Gasteiger partial charge in [0.25, 0.3) is 15.9 Å². The monoisotopic (exact) mass is 366 g/mol. The van der Waals surface area contributed by atoms with Crippen molar-refractivity contribution in [1.82, 2.24) is 4.31 Å². The van der Waals surface area contributed by atoms with Crippen molar-refractivity contribution < 1.29 is 27.5 Å². The molecule has 0 fully saturated rings. The summed E-state index contributed by atoms with van der Waals surface area (Å²) in [4.78, 5) is 23.7. The number of hydrogen-bond acceptors (Lipinski definition) is 5. The van der Waals surface area contributed by atoms with Gasteiger partial charge in [-0.25, -0.2) is 17.5 Å². The van der Waals surface area contributed by atoms with E-state index in [-0.39, 0.29) is 27.7 Å². The Hall–Kier alpha value is -2.65. The maximum atomic E-state index is 12.4. The minimum absolute atomic E-state index is 0.0114. The van der Waals surface area contributed by atoms with Crippen LogP contribution in [0.25, 0.3) is 0 Å². The highest BCUT2D eigenvalue weighted by Gasteiger charge is 2.26. The molecule has 1 amide bonds. The van der Waals surface area contributed by atoms with Gasteiger partial charge in [-0.05, 0) is 26.0 Å². The average molecular weight is 366 g/mol. The Balaban J connectivity index is 2.38. The van der Waals surface area contributed by atoms with Gasteiger partial charge in [0.15, 0.2) is 0 Å². The number of carboxylic acid groups (broad SMARTS) is 1. The molecule has 2 N–H and O–H groups in total. The van der Waals surface area contributed by atoms with Crippen molar-refractivity contribution in [3.8, 4) is 0 Å². The standard InChI is InChI=1S/C16H18N2O6S/c1-9-5-6-13(12(7-9)16(20)21)17-15(19)11-8-14(24-10(11)2)25(22,23)18(3)4/h5-8H,1-4H3,(H,17,19)(H,20,21). The van der Waals surface area contributed by atoms with Crippen LogP contribution in [0.4, 0.5) is 5.69 Å². The van der Waals surface area contributed by atoms with E-state index in [1.54, 1.807) is 13.0 Å². The highest BCUT2D eigenvalue weighted by atomic mass is 32.2. The number of hydrogen-bond donors (Lipinski definition) is 2. The van der Waals surface area contributed by atoms with E-state index < -0.39 is 21.9 Å². The molecule has 25 heavy (non-hydrogen) atoms. The molecule has 0 saturated heterocycles. The molecule has 0 radical (unpaired) electrons. The van der Waals surface area contributed by atoms with Gasteiger partial charge in [-0.3, -0.25) is 4.79 Å². The molecule has 2 aromatic rings. The third kappa shape index (κ3) is 3.72. The van der Waals surface area contributed by atoms with Crippen LogP contribution in [0.1, 0.15) is 32.0 Å². The van der Waals surface area contributed by atoms with Crippen molar-refractivity contribution in [2.24, 2.45) is 0 Å². The maximum absolute atomic E-state index is 12.4. The molecule has 9 heteroatoms. The van der Waals surface area contributed by atoms with E-state index in [0.29, 0.717) is 0 Å². The topological polar surface area (TPSA) is 117 Å². The van der Waals surface area contributed by atoms with Crippen LogP contribution >= 0.6 is 0 Å². The van der Waals surface area contributed by atoms with Crippen LogP contribution in [-0.4, -0.2) is 43.8 Å². The maximum Gasteiger partial charge on any atom is 0.337 e. The normalized spacial score (nSPS) is 11.6. The summed E-state index contributed by atoms with van der Waals surface area (Å²) in [6, 6.07) is 5.69. The zero-order chi connectivity index (χ0) is 18.9. The first-order valence-corrected chi connectivity index (χ1v) is 8.66. The number of nitrogens with one attached hydrogen (secondary N) is 1. The van der Waals surface area contributed by atoms with Crippen molar-refractivity contribution >= 4 is 27.6 Å². The summed E-state index contributed by atoms with van der Waals surface area (Å²) in [7, 11) is -1.13.